The van der Waals surface area contributed by atoms with E-state index in [1.165, 1.54) is 31.8 Å². The molecule has 0 aromatic heterocycles. The summed E-state index contributed by atoms with van der Waals surface area (Å²) < 4.78 is 48.6. The third-order valence-corrected chi connectivity index (χ3v) is 14.1. The molecule has 2 unspecified atom stereocenters. The fraction of sp³-hybridized carbons (Fsp3) is 0.900. The Morgan fingerprint density at radius 1 is 0.333 bits per heavy atom. The van der Waals surface area contributed by atoms with Crippen molar-refractivity contribution in [2.75, 3.05) is 71.8 Å². The number of thioether (sulfide) groups is 1. The maximum absolute atomic E-state index is 11.9. The van der Waals surface area contributed by atoms with Crippen LogP contribution >= 0.6 is 11.8 Å². The lowest BCUT2D eigenvalue weighted by Crippen LogP contribution is -2.31. The van der Waals surface area contributed by atoms with Gasteiger partial charge in [-0.25, -0.2) is 0 Å². The molecule has 0 aromatic carbocycles. The second kappa shape index (κ2) is 51.9. The summed E-state index contributed by atoms with van der Waals surface area (Å²) >= 11 is 1.73. The highest BCUT2D eigenvalue weighted by Gasteiger charge is 2.23. The van der Waals surface area contributed by atoms with Gasteiger partial charge in [0.15, 0.2) is 0 Å². The van der Waals surface area contributed by atoms with Crippen LogP contribution in [0.25, 0.3) is 0 Å². The van der Waals surface area contributed by atoms with Gasteiger partial charge in [0, 0.05) is 42.8 Å². The minimum Gasteiger partial charge on any atom is -0.466 e. The highest BCUT2D eigenvalue weighted by molar-refractivity contribution is 8.00. The van der Waals surface area contributed by atoms with Crippen molar-refractivity contribution < 1.29 is 71.4 Å². The zero-order valence-corrected chi connectivity index (χ0v) is 69.3. The fourth-order valence-corrected chi connectivity index (χ4v) is 8.29. The van der Waals surface area contributed by atoms with Crippen LogP contribution < -0.4 is 0 Å². The van der Waals surface area contributed by atoms with Crippen molar-refractivity contribution in [3.05, 3.63) is 12.7 Å². The third-order valence-electron chi connectivity index (χ3n) is 12.8. The molecule has 0 N–H and O–H groups in total. The number of ether oxygens (including phenoxy) is 9. The third kappa shape index (κ3) is 95.0. The van der Waals surface area contributed by atoms with Gasteiger partial charge in [-0.3, -0.25) is 28.8 Å². The monoisotopic (exact) mass is 1390 g/mol. The smallest absolute Gasteiger partial charge is 0.309 e. The lowest BCUT2D eigenvalue weighted by atomic mass is 9.89. The van der Waals surface area contributed by atoms with E-state index in [9.17, 15) is 28.8 Å². The predicted molar refractivity (Wildman–Crippen MR) is 402 cm³/mol. The molecule has 0 saturated carbocycles. The van der Waals surface area contributed by atoms with E-state index in [0.717, 1.165) is 70.3 Å². The molecule has 96 heavy (non-hydrogen) atoms. The Hall–Kier alpha value is -3.21. The summed E-state index contributed by atoms with van der Waals surface area (Å²) in [5.41, 5.74) is 1.98. The van der Waals surface area contributed by atoms with E-state index in [0.29, 0.717) is 80.2 Å². The Morgan fingerprint density at radius 2 is 0.656 bits per heavy atom. The van der Waals surface area contributed by atoms with Crippen LogP contribution in [0.15, 0.2) is 12.7 Å². The summed E-state index contributed by atoms with van der Waals surface area (Å²) in [5.74, 6) is -0.476. The van der Waals surface area contributed by atoms with Crippen LogP contribution in [0.1, 0.15) is 330 Å². The average Bonchev–Trinajstić information content (AvgIpc) is 1.12. The molecule has 0 fully saturated rings. The number of carbonyl (C=O) groups excluding carboxylic acids is 6. The summed E-state index contributed by atoms with van der Waals surface area (Å²) in [6.07, 6.45) is 15.3. The van der Waals surface area contributed by atoms with Crippen LogP contribution in [0.4, 0.5) is 0 Å². The fourth-order valence-electron chi connectivity index (χ4n) is 7.41. The quantitative estimate of drug-likeness (QED) is 0.0247. The van der Waals surface area contributed by atoms with Crippen LogP contribution in [0.3, 0.4) is 0 Å². The largest absolute Gasteiger partial charge is 0.466 e. The van der Waals surface area contributed by atoms with Gasteiger partial charge in [0.2, 0.25) is 0 Å². The second-order valence-electron chi connectivity index (χ2n) is 37.7. The number of unbranched alkanes of at least 4 members (excludes halogenated alkanes) is 2. The first-order valence-electron chi connectivity index (χ1n) is 36.3. The molecule has 0 aliphatic heterocycles. The van der Waals surface area contributed by atoms with Crippen LogP contribution in [-0.2, 0) is 71.4 Å². The van der Waals surface area contributed by atoms with Crippen molar-refractivity contribution in [1.82, 2.24) is 0 Å². The van der Waals surface area contributed by atoms with Crippen molar-refractivity contribution in [3.8, 4) is 0 Å². The zero-order valence-electron chi connectivity index (χ0n) is 68.5. The molecule has 0 heterocycles. The SMILES string of the molecule is C=CCC(=O)OCC(COC(=O)CCCC(C)(C)C)OCC(C)(C)C.CC(C)(C)CCCCC(=O)OCC(C)(C)C.CC(C)(C)CCCCC(=O)OCCC(C)(C)C.CC(C)(C)CCCOCC(C)(C)C.CCCC(=O)OCC(COC(=O)CCSC(C)(C)C)OCC(C)(C)C. The highest BCUT2D eigenvalue weighted by atomic mass is 32.2. The minimum atomic E-state index is -0.459. The molecule has 0 rings (SSSR count). The molecule has 0 amide bonds. The Labute approximate surface area is 596 Å². The molecule has 2 atom stereocenters. The summed E-state index contributed by atoms with van der Waals surface area (Å²) in [4.78, 5) is 69.6. The normalized spacial score (nSPS) is 13.1. The van der Waals surface area contributed by atoms with E-state index < -0.39 is 12.2 Å². The van der Waals surface area contributed by atoms with Gasteiger partial charge < -0.3 is 42.6 Å². The van der Waals surface area contributed by atoms with E-state index in [4.69, 9.17) is 42.6 Å². The van der Waals surface area contributed by atoms with E-state index >= 15 is 0 Å². The Balaban J connectivity index is -0.000000367. The molecular weight excluding hydrogens is 1230 g/mol. The molecule has 572 valence electrons. The minimum absolute atomic E-state index is 0.0148. The molecular formula is C80H156O15S. The molecule has 0 radical (unpaired) electrons. The van der Waals surface area contributed by atoms with Gasteiger partial charge in [-0.05, 0) is 113 Å². The summed E-state index contributed by atoms with van der Waals surface area (Å²) in [5, 5.41) is 0. The van der Waals surface area contributed by atoms with E-state index in [2.05, 4.69) is 194 Å². The van der Waals surface area contributed by atoms with E-state index in [1.54, 1.807) is 11.8 Å². The van der Waals surface area contributed by atoms with Crippen molar-refractivity contribution in [2.45, 2.75) is 347 Å². The standard InChI is InChI=1S/C20H36O5.C19H36O5S.C15H30O2.C14H28O2.C12H26O/c1-8-10-17(21)23-13-16(25-15-20(5,6)7)14-24-18(22)11-9-12-19(2,3)4;1-8-9-16(20)22-12-15(24-14-18(2,3)4)13-23-17(21)10-11-25-19(5,6)7;1-14(2,3)10-8-7-9-13(16)17-12-11-15(4,5)6;1-13(2,3)10-8-7-9-12(15)16-11-14(4,5)6;1-11(2,3)8-7-9-13-10-12(4,5)6/h8,16H,1,9-15H2,2-7H3;15H,8-14H2,1-7H3;7-12H2,1-6H3;7-11H2,1-6H3;7-10H2,1-6H3. The van der Waals surface area contributed by atoms with Gasteiger partial charge in [-0.2, -0.15) is 11.8 Å². The molecule has 0 saturated heterocycles. The maximum Gasteiger partial charge on any atom is 0.309 e. The lowest BCUT2D eigenvalue weighted by Gasteiger charge is -2.24. The highest BCUT2D eigenvalue weighted by Crippen LogP contribution is 2.27. The number of hydrogen-bond donors (Lipinski definition) is 0. The van der Waals surface area contributed by atoms with Crippen LogP contribution in [0.2, 0.25) is 0 Å². The zero-order chi connectivity index (χ0) is 75.9. The number of carbonyl (C=O) groups is 6. The first-order valence-corrected chi connectivity index (χ1v) is 37.2. The van der Waals surface area contributed by atoms with Crippen molar-refractivity contribution >= 4 is 47.6 Å². The van der Waals surface area contributed by atoms with Gasteiger partial charge in [0.05, 0.1) is 45.9 Å². The molecule has 0 bridgehead atoms. The van der Waals surface area contributed by atoms with Crippen LogP contribution in [0, 0.1) is 48.7 Å². The van der Waals surface area contributed by atoms with Gasteiger partial charge in [-0.15, -0.1) is 6.58 Å². The average molecular weight is 1390 g/mol. The number of esters is 6. The topological polar surface area (TPSA) is 185 Å². The second-order valence-corrected chi connectivity index (χ2v) is 39.6. The van der Waals surface area contributed by atoms with Gasteiger partial charge in [-0.1, -0.05) is 234 Å². The summed E-state index contributed by atoms with van der Waals surface area (Å²) in [6.45, 7) is 74.2. The molecule has 15 nitrogen and oxygen atoms in total. The molecule has 16 heteroatoms. The lowest BCUT2D eigenvalue weighted by molar-refractivity contribution is -0.157. The van der Waals surface area contributed by atoms with Crippen molar-refractivity contribution in [2.24, 2.45) is 48.7 Å². The molecule has 0 spiro atoms. The van der Waals surface area contributed by atoms with Gasteiger partial charge >= 0.3 is 35.8 Å². The number of rotatable bonds is 37. The van der Waals surface area contributed by atoms with Gasteiger partial charge in [0.25, 0.3) is 0 Å². The molecule has 0 aromatic rings. The van der Waals surface area contributed by atoms with E-state index in [-0.39, 0.29) is 100 Å². The molecule has 0 aliphatic rings. The number of hydrogen-bond acceptors (Lipinski definition) is 16. The Morgan fingerprint density at radius 3 is 1.01 bits per heavy atom. The van der Waals surface area contributed by atoms with Crippen molar-refractivity contribution in [3.63, 3.8) is 0 Å². The van der Waals surface area contributed by atoms with Gasteiger partial charge in [0.1, 0.15) is 38.6 Å². The Kier molecular flexibility index (Phi) is 54.8. The Bertz CT molecular complexity index is 2000. The van der Waals surface area contributed by atoms with E-state index in [1.807, 2.05) is 27.7 Å². The van der Waals surface area contributed by atoms with Crippen LogP contribution in [0.5, 0.6) is 0 Å². The van der Waals surface area contributed by atoms with Crippen molar-refractivity contribution in [1.29, 1.82) is 0 Å². The summed E-state index contributed by atoms with van der Waals surface area (Å²) in [6, 6.07) is 0. The summed E-state index contributed by atoms with van der Waals surface area (Å²) in [7, 11) is 0. The first kappa shape index (κ1) is 101. The first-order chi connectivity index (χ1) is 43.3. The maximum atomic E-state index is 11.9. The van der Waals surface area contributed by atoms with Crippen LogP contribution in [-0.4, -0.2) is 125 Å². The molecule has 0 aliphatic carbocycles. The predicted octanol–water partition coefficient (Wildman–Crippen LogP) is 21.2.